The largest absolute Gasteiger partial charge is 0.356 e. The summed E-state index contributed by atoms with van der Waals surface area (Å²) < 4.78 is 3.13. The van der Waals surface area contributed by atoms with Crippen LogP contribution in [0.2, 0.25) is 0 Å². The Kier molecular flexibility index (Phi) is 7.02. The number of nitrogens with one attached hydrogen (secondary N) is 1. The molecule has 31 heavy (non-hydrogen) atoms. The van der Waals surface area contributed by atoms with E-state index in [2.05, 4.69) is 35.5 Å². The lowest BCUT2D eigenvalue weighted by atomic mass is 9.92. The molecule has 4 rings (SSSR count). The van der Waals surface area contributed by atoms with E-state index in [9.17, 15) is 9.59 Å². The van der Waals surface area contributed by atoms with E-state index in [1.165, 1.54) is 19.5 Å². The lowest BCUT2D eigenvalue weighted by molar-refractivity contribution is -0.126. The molecule has 2 fully saturated rings. The van der Waals surface area contributed by atoms with Gasteiger partial charge in [-0.05, 0) is 61.6 Å². The first-order chi connectivity index (χ1) is 14.9. The number of rotatable bonds is 6. The maximum absolute atomic E-state index is 13.0. The summed E-state index contributed by atoms with van der Waals surface area (Å²) in [5.74, 6) is 1.81. The second-order valence-electron chi connectivity index (χ2n) is 9.68. The van der Waals surface area contributed by atoms with E-state index in [4.69, 9.17) is 0 Å². The molecule has 2 aliphatic heterocycles. The lowest BCUT2D eigenvalue weighted by Gasteiger charge is -2.35. The van der Waals surface area contributed by atoms with Crippen molar-refractivity contribution in [3.63, 3.8) is 0 Å². The van der Waals surface area contributed by atoms with Gasteiger partial charge >= 0.3 is 0 Å². The Morgan fingerprint density at radius 1 is 1.16 bits per heavy atom. The number of thiophene rings is 1. The van der Waals surface area contributed by atoms with Gasteiger partial charge in [0, 0.05) is 45.7 Å². The van der Waals surface area contributed by atoms with Crippen LogP contribution in [-0.2, 0) is 11.8 Å². The summed E-state index contributed by atoms with van der Waals surface area (Å²) in [5.41, 5.74) is 1.85. The van der Waals surface area contributed by atoms with Crippen molar-refractivity contribution in [3.8, 4) is 0 Å². The molecule has 0 aliphatic carbocycles. The zero-order chi connectivity index (χ0) is 22.0. The predicted octanol–water partition coefficient (Wildman–Crippen LogP) is 3.58. The van der Waals surface area contributed by atoms with Gasteiger partial charge in [-0.2, -0.15) is 0 Å². The average Bonchev–Trinajstić information content (AvgIpc) is 3.33. The molecule has 0 bridgehead atoms. The number of aromatic nitrogens is 1. The Hall–Kier alpha value is -1.86. The van der Waals surface area contributed by atoms with Crippen LogP contribution in [0.1, 0.15) is 50.0 Å². The topological polar surface area (TPSA) is 57.6 Å². The molecule has 2 aromatic heterocycles. The van der Waals surface area contributed by atoms with Crippen LogP contribution < -0.4 is 5.32 Å². The highest BCUT2D eigenvalue weighted by atomic mass is 32.1. The molecule has 2 aromatic rings. The van der Waals surface area contributed by atoms with Crippen LogP contribution in [0.4, 0.5) is 0 Å². The van der Waals surface area contributed by atoms with Crippen LogP contribution in [0.25, 0.3) is 10.2 Å². The SMILES string of the molecule is C[C@H]1C[C@H](C)CN(CCCNC(=O)C2CCN(C(=O)c3cc4sccc4n3C)CC2)C1. The number of hydrogen-bond donors (Lipinski definition) is 1. The normalized spacial score (nSPS) is 23.4. The van der Waals surface area contributed by atoms with E-state index >= 15 is 0 Å². The smallest absolute Gasteiger partial charge is 0.270 e. The molecule has 0 aromatic carbocycles. The van der Waals surface area contributed by atoms with Crippen LogP contribution in [-0.4, -0.2) is 65.4 Å². The fourth-order valence-electron chi connectivity index (χ4n) is 5.40. The monoisotopic (exact) mass is 444 g/mol. The molecule has 170 valence electrons. The van der Waals surface area contributed by atoms with Gasteiger partial charge in [0.2, 0.25) is 5.91 Å². The molecule has 2 saturated heterocycles. The number of likely N-dealkylation sites (tertiary alicyclic amines) is 2. The number of aryl methyl sites for hydroxylation is 1. The predicted molar refractivity (Wildman–Crippen MR) is 126 cm³/mol. The molecule has 2 aliphatic rings. The molecule has 0 radical (unpaired) electrons. The summed E-state index contributed by atoms with van der Waals surface area (Å²) in [6.45, 7) is 10.2. The summed E-state index contributed by atoms with van der Waals surface area (Å²) in [7, 11) is 1.95. The number of hydrogen-bond acceptors (Lipinski definition) is 4. The maximum atomic E-state index is 13.0. The van der Waals surface area contributed by atoms with Crippen molar-refractivity contribution >= 4 is 33.4 Å². The third-order valence-electron chi connectivity index (χ3n) is 6.93. The molecule has 0 unspecified atom stereocenters. The standard InChI is InChI=1S/C24H36N4O2S/c1-17-13-18(2)16-27(15-17)9-4-8-25-23(29)19-5-10-28(11-6-19)24(30)21-14-22-20(26(21)3)7-12-31-22/h7,12,14,17-19H,4-6,8-11,13,15-16H2,1-3H3,(H,25,29)/t17-,18-/m0/s1. The van der Waals surface area contributed by atoms with Gasteiger partial charge in [0.25, 0.3) is 5.91 Å². The highest BCUT2D eigenvalue weighted by Gasteiger charge is 2.29. The molecule has 6 nitrogen and oxygen atoms in total. The first-order valence-electron chi connectivity index (χ1n) is 11.7. The summed E-state index contributed by atoms with van der Waals surface area (Å²) in [5, 5.41) is 5.19. The quantitative estimate of drug-likeness (QED) is 0.693. The first kappa shape index (κ1) is 22.3. The number of carbonyl (C=O) groups excluding carboxylic acids is 2. The highest BCUT2D eigenvalue weighted by Crippen LogP contribution is 2.26. The Labute approximate surface area is 189 Å². The molecule has 7 heteroatoms. The van der Waals surface area contributed by atoms with Crippen molar-refractivity contribution in [2.75, 3.05) is 39.3 Å². The van der Waals surface area contributed by atoms with Gasteiger partial charge in [-0.15, -0.1) is 11.3 Å². The molecule has 2 atom stereocenters. The summed E-state index contributed by atoms with van der Waals surface area (Å²) >= 11 is 1.66. The summed E-state index contributed by atoms with van der Waals surface area (Å²) in [6.07, 6.45) is 3.83. The molecule has 0 saturated carbocycles. The number of piperidine rings is 2. The number of fused-ring (bicyclic) bond motifs is 1. The minimum Gasteiger partial charge on any atom is -0.356 e. The fraction of sp³-hybridized carbons (Fsp3) is 0.667. The third kappa shape index (κ3) is 5.14. The second-order valence-corrected chi connectivity index (χ2v) is 10.6. The van der Waals surface area contributed by atoms with Crippen molar-refractivity contribution in [3.05, 3.63) is 23.2 Å². The van der Waals surface area contributed by atoms with Gasteiger partial charge in [-0.25, -0.2) is 0 Å². The number of nitrogens with zero attached hydrogens (tertiary/aromatic N) is 3. The molecule has 2 amide bonds. The van der Waals surface area contributed by atoms with Crippen LogP contribution >= 0.6 is 11.3 Å². The fourth-order valence-corrected chi connectivity index (χ4v) is 6.24. The van der Waals surface area contributed by atoms with Crippen LogP contribution in [0.3, 0.4) is 0 Å². The minimum atomic E-state index is 0.0241. The molecule has 0 spiro atoms. The van der Waals surface area contributed by atoms with Gasteiger partial charge in [0.1, 0.15) is 5.69 Å². The van der Waals surface area contributed by atoms with Crippen molar-refractivity contribution in [2.24, 2.45) is 24.8 Å². The highest BCUT2D eigenvalue weighted by molar-refractivity contribution is 7.17. The van der Waals surface area contributed by atoms with E-state index in [1.807, 2.05) is 22.6 Å². The average molecular weight is 445 g/mol. The Morgan fingerprint density at radius 2 is 1.87 bits per heavy atom. The van der Waals surface area contributed by atoms with Crippen molar-refractivity contribution in [1.82, 2.24) is 19.7 Å². The van der Waals surface area contributed by atoms with E-state index < -0.39 is 0 Å². The van der Waals surface area contributed by atoms with Crippen molar-refractivity contribution in [1.29, 1.82) is 0 Å². The van der Waals surface area contributed by atoms with Gasteiger partial charge < -0.3 is 19.7 Å². The van der Waals surface area contributed by atoms with E-state index in [0.717, 1.165) is 60.1 Å². The molecular formula is C24H36N4O2S. The van der Waals surface area contributed by atoms with Crippen LogP contribution in [0.15, 0.2) is 17.5 Å². The Morgan fingerprint density at radius 3 is 2.55 bits per heavy atom. The lowest BCUT2D eigenvalue weighted by Crippen LogP contribution is -2.44. The van der Waals surface area contributed by atoms with Crippen molar-refractivity contribution in [2.45, 2.75) is 39.5 Å². The van der Waals surface area contributed by atoms with Gasteiger partial charge in [-0.1, -0.05) is 13.8 Å². The van der Waals surface area contributed by atoms with Gasteiger partial charge in [-0.3, -0.25) is 9.59 Å². The minimum absolute atomic E-state index is 0.0241. The molecular weight excluding hydrogens is 408 g/mol. The zero-order valence-corrected chi connectivity index (χ0v) is 19.9. The third-order valence-corrected chi connectivity index (χ3v) is 7.78. The maximum Gasteiger partial charge on any atom is 0.270 e. The first-order valence-corrected chi connectivity index (χ1v) is 12.6. The van der Waals surface area contributed by atoms with E-state index in [-0.39, 0.29) is 17.7 Å². The number of amides is 2. The van der Waals surface area contributed by atoms with Crippen LogP contribution in [0, 0.1) is 17.8 Å². The Balaban J connectivity index is 1.19. The van der Waals surface area contributed by atoms with Gasteiger partial charge in [0.15, 0.2) is 0 Å². The van der Waals surface area contributed by atoms with Gasteiger partial charge in [0.05, 0.1) is 10.2 Å². The zero-order valence-electron chi connectivity index (χ0n) is 19.1. The Bertz CT molecular complexity index is 902. The number of carbonyl (C=O) groups is 2. The van der Waals surface area contributed by atoms with Crippen molar-refractivity contribution < 1.29 is 9.59 Å². The van der Waals surface area contributed by atoms with Crippen LogP contribution in [0.5, 0.6) is 0 Å². The van der Waals surface area contributed by atoms with E-state index in [0.29, 0.717) is 13.1 Å². The summed E-state index contributed by atoms with van der Waals surface area (Å²) in [4.78, 5) is 30.0. The molecule has 4 heterocycles. The molecule has 1 N–H and O–H groups in total. The summed E-state index contributed by atoms with van der Waals surface area (Å²) in [6, 6.07) is 4.05. The second kappa shape index (κ2) is 9.74. The van der Waals surface area contributed by atoms with E-state index in [1.54, 1.807) is 11.3 Å².